The van der Waals surface area contributed by atoms with Gasteiger partial charge in [-0.05, 0) is 17.7 Å². The fraction of sp³-hybridized carbons (Fsp3) is 0.176. The molecule has 0 saturated carbocycles. The molecule has 2 aromatic rings. The Hall–Kier alpha value is -2.82. The van der Waals surface area contributed by atoms with Gasteiger partial charge in [-0.15, -0.1) is 0 Å². The maximum atomic E-state index is 11.6. The molecule has 1 amide bonds. The highest BCUT2D eigenvalue weighted by Gasteiger charge is 2.05. The number of hydrogen-bond donors (Lipinski definition) is 1. The number of nitrogens with zero attached hydrogens (tertiary/aromatic N) is 1. The van der Waals surface area contributed by atoms with Crippen LogP contribution < -0.4 is 14.9 Å². The molecule has 5 nitrogen and oxygen atoms in total. The fourth-order valence-electron chi connectivity index (χ4n) is 1.80. The Balaban J connectivity index is 1.74. The standard InChI is InChI=1S/C17H18N2O3/c1-21-15-9-5-6-10-16(15)22-13-17(20)19-18-12-11-14-7-3-2-4-8-14/h2-10,12H,11,13H2,1H3,(H,19,20)/b18-12+. The van der Waals surface area contributed by atoms with Crippen molar-refractivity contribution in [3.05, 3.63) is 60.2 Å². The predicted octanol–water partition coefficient (Wildman–Crippen LogP) is 2.42. The molecule has 114 valence electrons. The average Bonchev–Trinajstić information content (AvgIpc) is 2.58. The van der Waals surface area contributed by atoms with Crippen LogP contribution in [0.3, 0.4) is 0 Å². The largest absolute Gasteiger partial charge is 0.493 e. The molecule has 1 N–H and O–H groups in total. The van der Waals surface area contributed by atoms with Crippen molar-refractivity contribution >= 4 is 12.1 Å². The van der Waals surface area contributed by atoms with Gasteiger partial charge >= 0.3 is 0 Å². The van der Waals surface area contributed by atoms with E-state index in [9.17, 15) is 4.79 Å². The van der Waals surface area contributed by atoms with E-state index in [-0.39, 0.29) is 12.5 Å². The van der Waals surface area contributed by atoms with Gasteiger partial charge in [0.05, 0.1) is 7.11 Å². The van der Waals surface area contributed by atoms with Gasteiger partial charge in [-0.1, -0.05) is 42.5 Å². The quantitative estimate of drug-likeness (QED) is 0.631. The summed E-state index contributed by atoms with van der Waals surface area (Å²) in [6, 6.07) is 17.0. The number of benzene rings is 2. The maximum absolute atomic E-state index is 11.6. The molecule has 0 bridgehead atoms. The third-order valence-electron chi connectivity index (χ3n) is 2.88. The van der Waals surface area contributed by atoms with Crippen LogP contribution in [0.25, 0.3) is 0 Å². The van der Waals surface area contributed by atoms with Crippen LogP contribution in [0.5, 0.6) is 11.5 Å². The van der Waals surface area contributed by atoms with Crippen LogP contribution in [-0.4, -0.2) is 25.8 Å². The highest BCUT2D eigenvalue weighted by Crippen LogP contribution is 2.25. The number of hydrogen-bond acceptors (Lipinski definition) is 4. The SMILES string of the molecule is COc1ccccc1OCC(=O)N/N=C/Cc1ccccc1. The molecule has 0 spiro atoms. The van der Waals surface area contributed by atoms with Crippen LogP contribution in [0.15, 0.2) is 59.7 Å². The molecule has 0 fully saturated rings. The first-order valence-electron chi connectivity index (χ1n) is 6.89. The van der Waals surface area contributed by atoms with Crippen molar-refractivity contribution in [2.75, 3.05) is 13.7 Å². The van der Waals surface area contributed by atoms with Gasteiger partial charge in [-0.2, -0.15) is 5.10 Å². The number of para-hydroxylation sites is 2. The van der Waals surface area contributed by atoms with Gasteiger partial charge < -0.3 is 9.47 Å². The number of rotatable bonds is 7. The summed E-state index contributed by atoms with van der Waals surface area (Å²) in [7, 11) is 1.55. The number of methoxy groups -OCH3 is 1. The zero-order valence-corrected chi connectivity index (χ0v) is 12.4. The van der Waals surface area contributed by atoms with E-state index in [1.807, 2.05) is 42.5 Å². The summed E-state index contributed by atoms with van der Waals surface area (Å²) in [5.74, 6) is 0.784. The minimum absolute atomic E-state index is 0.122. The van der Waals surface area contributed by atoms with E-state index in [1.54, 1.807) is 25.5 Å². The van der Waals surface area contributed by atoms with Crippen molar-refractivity contribution in [2.45, 2.75) is 6.42 Å². The smallest absolute Gasteiger partial charge is 0.277 e. The van der Waals surface area contributed by atoms with E-state index >= 15 is 0 Å². The van der Waals surface area contributed by atoms with Gasteiger partial charge in [-0.3, -0.25) is 4.79 Å². The third kappa shape index (κ3) is 4.94. The Bertz CT molecular complexity index is 627. The van der Waals surface area contributed by atoms with E-state index in [2.05, 4.69) is 10.5 Å². The van der Waals surface area contributed by atoms with Crippen LogP contribution >= 0.6 is 0 Å². The number of amides is 1. The van der Waals surface area contributed by atoms with Crippen LogP contribution in [0.4, 0.5) is 0 Å². The number of carbonyl (C=O) groups is 1. The summed E-state index contributed by atoms with van der Waals surface area (Å²) in [6.07, 6.45) is 2.31. The Morgan fingerprint density at radius 1 is 1.09 bits per heavy atom. The first-order valence-corrected chi connectivity index (χ1v) is 6.89. The minimum Gasteiger partial charge on any atom is -0.493 e. The molecule has 0 heterocycles. The van der Waals surface area contributed by atoms with Crippen molar-refractivity contribution in [3.8, 4) is 11.5 Å². The second-order valence-electron chi connectivity index (χ2n) is 4.48. The first kappa shape index (κ1) is 15.6. The van der Waals surface area contributed by atoms with Gasteiger partial charge in [0.1, 0.15) is 0 Å². The molecule has 0 aliphatic rings. The lowest BCUT2D eigenvalue weighted by molar-refractivity contribution is -0.123. The van der Waals surface area contributed by atoms with Gasteiger partial charge in [0, 0.05) is 12.6 Å². The molecule has 0 radical (unpaired) electrons. The normalized spacial score (nSPS) is 10.4. The first-order chi connectivity index (χ1) is 10.8. The van der Waals surface area contributed by atoms with Crippen LogP contribution in [-0.2, 0) is 11.2 Å². The molecular formula is C17H18N2O3. The van der Waals surface area contributed by atoms with Crippen molar-refractivity contribution in [1.82, 2.24) is 5.43 Å². The molecule has 2 rings (SSSR count). The Morgan fingerprint density at radius 2 is 1.77 bits per heavy atom. The monoisotopic (exact) mass is 298 g/mol. The number of nitrogens with one attached hydrogen (secondary N) is 1. The van der Waals surface area contributed by atoms with Gasteiger partial charge in [0.2, 0.25) is 0 Å². The number of hydrazone groups is 1. The molecule has 0 aromatic heterocycles. The Labute approximate surface area is 129 Å². The molecule has 0 atom stereocenters. The lowest BCUT2D eigenvalue weighted by atomic mass is 10.2. The summed E-state index contributed by atoms with van der Waals surface area (Å²) < 4.78 is 10.5. The summed E-state index contributed by atoms with van der Waals surface area (Å²) in [5, 5.41) is 3.89. The van der Waals surface area contributed by atoms with E-state index in [0.717, 1.165) is 5.56 Å². The highest BCUT2D eigenvalue weighted by atomic mass is 16.5. The zero-order chi connectivity index (χ0) is 15.6. The minimum atomic E-state index is -0.324. The molecule has 2 aromatic carbocycles. The third-order valence-corrected chi connectivity index (χ3v) is 2.88. The highest BCUT2D eigenvalue weighted by molar-refractivity contribution is 5.78. The average molecular weight is 298 g/mol. The lowest BCUT2D eigenvalue weighted by Crippen LogP contribution is -2.24. The fourth-order valence-corrected chi connectivity index (χ4v) is 1.80. The van der Waals surface area contributed by atoms with E-state index in [1.165, 1.54) is 0 Å². The van der Waals surface area contributed by atoms with Crippen molar-refractivity contribution in [2.24, 2.45) is 5.10 Å². The van der Waals surface area contributed by atoms with E-state index in [0.29, 0.717) is 17.9 Å². The summed E-state index contributed by atoms with van der Waals surface area (Å²) in [5.41, 5.74) is 3.56. The maximum Gasteiger partial charge on any atom is 0.277 e. The second-order valence-corrected chi connectivity index (χ2v) is 4.48. The lowest BCUT2D eigenvalue weighted by Gasteiger charge is -2.09. The predicted molar refractivity (Wildman–Crippen MR) is 85.3 cm³/mol. The molecular weight excluding hydrogens is 280 g/mol. The van der Waals surface area contributed by atoms with Crippen LogP contribution in [0.2, 0.25) is 0 Å². The number of carbonyl (C=O) groups excluding carboxylic acids is 1. The topological polar surface area (TPSA) is 59.9 Å². The molecule has 0 unspecified atom stereocenters. The van der Waals surface area contributed by atoms with Crippen LogP contribution in [0.1, 0.15) is 5.56 Å². The van der Waals surface area contributed by atoms with Gasteiger partial charge in [0.15, 0.2) is 18.1 Å². The van der Waals surface area contributed by atoms with Crippen molar-refractivity contribution < 1.29 is 14.3 Å². The molecule has 5 heteroatoms. The summed E-state index contributed by atoms with van der Waals surface area (Å²) >= 11 is 0. The van der Waals surface area contributed by atoms with Crippen molar-refractivity contribution in [1.29, 1.82) is 0 Å². The van der Waals surface area contributed by atoms with Gasteiger partial charge in [0.25, 0.3) is 5.91 Å². The summed E-state index contributed by atoms with van der Waals surface area (Å²) in [4.78, 5) is 11.6. The Morgan fingerprint density at radius 3 is 2.50 bits per heavy atom. The Kier molecular flexibility index (Phi) is 5.99. The molecule has 22 heavy (non-hydrogen) atoms. The summed E-state index contributed by atoms with van der Waals surface area (Å²) in [6.45, 7) is -0.122. The molecule has 0 aliphatic carbocycles. The van der Waals surface area contributed by atoms with E-state index < -0.39 is 0 Å². The molecule has 0 saturated heterocycles. The van der Waals surface area contributed by atoms with Gasteiger partial charge in [-0.25, -0.2) is 5.43 Å². The van der Waals surface area contributed by atoms with Crippen LogP contribution in [0, 0.1) is 0 Å². The van der Waals surface area contributed by atoms with Crippen molar-refractivity contribution in [3.63, 3.8) is 0 Å². The zero-order valence-electron chi connectivity index (χ0n) is 12.4. The van der Waals surface area contributed by atoms with E-state index in [4.69, 9.17) is 9.47 Å². The number of ether oxygens (including phenoxy) is 2. The second kappa shape index (κ2) is 8.46. The molecule has 0 aliphatic heterocycles.